The van der Waals surface area contributed by atoms with Crippen LogP contribution in [0.1, 0.15) is 54.4 Å². The number of nitrogens with one attached hydrogen (secondary N) is 1. The van der Waals surface area contributed by atoms with Crippen LogP contribution in [0.15, 0.2) is 28.7 Å². The van der Waals surface area contributed by atoms with Crippen molar-refractivity contribution in [2.24, 2.45) is 0 Å². The highest BCUT2D eigenvalue weighted by atomic mass is 79.9. The van der Waals surface area contributed by atoms with Crippen molar-refractivity contribution in [2.75, 3.05) is 0 Å². The van der Waals surface area contributed by atoms with Crippen LogP contribution < -0.4 is 0 Å². The minimum Gasteiger partial charge on any atom is -0.330 e. The Morgan fingerprint density at radius 1 is 1.39 bits per heavy atom. The highest BCUT2D eigenvalue weighted by Gasteiger charge is 2.35. The first-order chi connectivity index (χ1) is 11.0. The summed E-state index contributed by atoms with van der Waals surface area (Å²) in [4.78, 5) is 14.7. The Morgan fingerprint density at radius 2 is 2.04 bits per heavy atom. The number of amides is 1. The molecule has 0 bridgehead atoms. The summed E-state index contributed by atoms with van der Waals surface area (Å²) in [7, 11) is 0. The van der Waals surface area contributed by atoms with E-state index in [1.165, 1.54) is 12.1 Å². The molecule has 4 nitrogen and oxygen atoms in total. The lowest BCUT2D eigenvalue weighted by Gasteiger charge is -2.22. The molecule has 0 spiro atoms. The van der Waals surface area contributed by atoms with Crippen molar-refractivity contribution >= 4 is 21.8 Å². The normalized spacial score (nSPS) is 14.3. The van der Waals surface area contributed by atoms with Crippen LogP contribution in [0.4, 0.5) is 4.39 Å². The molecule has 0 atom stereocenters. The molecule has 0 aliphatic heterocycles. The average Bonchev–Trinajstić information content (AvgIpc) is 3.28. The SMILES string of the molecule is CC(C)c1[nH]nc(C(=O)N(Cc2ccc(F)cc2)C2CC2)c1Br. The molecule has 0 unspecified atom stereocenters. The van der Waals surface area contributed by atoms with E-state index in [-0.39, 0.29) is 23.7 Å². The number of hydrogen-bond donors (Lipinski definition) is 1. The van der Waals surface area contributed by atoms with Gasteiger partial charge in [-0.2, -0.15) is 5.10 Å². The highest BCUT2D eigenvalue weighted by Crippen LogP contribution is 2.32. The summed E-state index contributed by atoms with van der Waals surface area (Å²) < 4.78 is 13.8. The first-order valence-electron chi connectivity index (χ1n) is 7.76. The van der Waals surface area contributed by atoms with Gasteiger partial charge in [-0.25, -0.2) is 4.39 Å². The minimum atomic E-state index is -0.269. The number of nitrogens with zero attached hydrogens (tertiary/aromatic N) is 2. The van der Waals surface area contributed by atoms with Crippen molar-refractivity contribution in [1.82, 2.24) is 15.1 Å². The zero-order valence-electron chi connectivity index (χ0n) is 13.1. The molecule has 1 fully saturated rings. The van der Waals surface area contributed by atoms with Crippen molar-refractivity contribution in [3.63, 3.8) is 0 Å². The molecule has 6 heteroatoms. The molecule has 0 radical (unpaired) electrons. The molecular formula is C17H19BrFN3O. The smallest absolute Gasteiger partial charge is 0.276 e. The molecular weight excluding hydrogens is 361 g/mol. The van der Waals surface area contributed by atoms with Crippen LogP contribution in [0.2, 0.25) is 0 Å². The fourth-order valence-corrected chi connectivity index (χ4v) is 3.35. The lowest BCUT2D eigenvalue weighted by Crippen LogP contribution is -2.33. The molecule has 2 aromatic rings. The standard InChI is InChI=1S/C17H19BrFN3O/c1-10(2)15-14(18)16(21-20-15)17(23)22(13-7-8-13)9-11-3-5-12(19)6-4-11/h3-6,10,13H,7-9H2,1-2H3,(H,20,21). The van der Waals surface area contributed by atoms with Gasteiger partial charge >= 0.3 is 0 Å². The lowest BCUT2D eigenvalue weighted by atomic mass is 10.1. The first-order valence-corrected chi connectivity index (χ1v) is 8.56. The molecule has 1 aromatic heterocycles. The summed E-state index contributed by atoms with van der Waals surface area (Å²) in [5.41, 5.74) is 2.26. The lowest BCUT2D eigenvalue weighted by molar-refractivity contribution is 0.0723. The van der Waals surface area contributed by atoms with Gasteiger partial charge in [0.25, 0.3) is 5.91 Å². The van der Waals surface area contributed by atoms with Crippen molar-refractivity contribution in [2.45, 2.75) is 45.2 Å². The van der Waals surface area contributed by atoms with Crippen molar-refractivity contribution in [3.05, 3.63) is 51.5 Å². The predicted molar refractivity (Wildman–Crippen MR) is 89.7 cm³/mol. The third-order valence-electron chi connectivity index (χ3n) is 4.03. The maximum atomic E-state index is 13.0. The van der Waals surface area contributed by atoms with Gasteiger partial charge in [-0.15, -0.1) is 0 Å². The van der Waals surface area contributed by atoms with E-state index in [0.29, 0.717) is 12.2 Å². The number of aromatic nitrogens is 2. The van der Waals surface area contributed by atoms with Crippen molar-refractivity contribution in [1.29, 1.82) is 0 Å². The molecule has 1 N–H and O–H groups in total. The Balaban J connectivity index is 1.83. The number of rotatable bonds is 5. The molecule has 122 valence electrons. The third kappa shape index (κ3) is 3.47. The predicted octanol–water partition coefficient (Wildman–Crippen LogP) is 4.24. The van der Waals surface area contributed by atoms with Crippen LogP contribution in [-0.2, 0) is 6.54 Å². The van der Waals surface area contributed by atoms with Gasteiger partial charge in [-0.1, -0.05) is 26.0 Å². The monoisotopic (exact) mass is 379 g/mol. The van der Waals surface area contributed by atoms with Crippen LogP contribution in [0.5, 0.6) is 0 Å². The fraction of sp³-hybridized carbons (Fsp3) is 0.412. The van der Waals surface area contributed by atoms with Gasteiger partial charge in [-0.05, 0) is 52.4 Å². The van der Waals surface area contributed by atoms with Gasteiger partial charge in [-0.3, -0.25) is 9.89 Å². The summed E-state index contributed by atoms with van der Waals surface area (Å²) in [6.07, 6.45) is 2.01. The number of aromatic amines is 1. The number of hydrogen-bond acceptors (Lipinski definition) is 2. The van der Waals surface area contributed by atoms with Gasteiger partial charge in [0.15, 0.2) is 5.69 Å². The van der Waals surface area contributed by atoms with E-state index in [2.05, 4.69) is 26.1 Å². The quantitative estimate of drug-likeness (QED) is 0.844. The number of H-pyrrole nitrogens is 1. The number of benzene rings is 1. The van der Waals surface area contributed by atoms with Crippen LogP contribution in [0.3, 0.4) is 0 Å². The Kier molecular flexibility index (Phi) is 4.53. The maximum Gasteiger partial charge on any atom is 0.276 e. The van der Waals surface area contributed by atoms with E-state index in [4.69, 9.17) is 0 Å². The molecule has 1 saturated carbocycles. The van der Waals surface area contributed by atoms with E-state index in [1.54, 1.807) is 12.1 Å². The molecule has 3 rings (SSSR count). The minimum absolute atomic E-state index is 0.0909. The van der Waals surface area contributed by atoms with Gasteiger partial charge in [0.2, 0.25) is 0 Å². The Hall–Kier alpha value is -1.69. The largest absolute Gasteiger partial charge is 0.330 e. The zero-order chi connectivity index (χ0) is 16.6. The van der Waals surface area contributed by atoms with Crippen LogP contribution >= 0.6 is 15.9 Å². The summed E-state index contributed by atoms with van der Waals surface area (Å²) >= 11 is 3.49. The van der Waals surface area contributed by atoms with E-state index < -0.39 is 0 Å². The van der Waals surface area contributed by atoms with Gasteiger partial charge in [0, 0.05) is 12.6 Å². The zero-order valence-corrected chi connectivity index (χ0v) is 14.7. The molecule has 1 aromatic carbocycles. The van der Waals surface area contributed by atoms with Gasteiger partial charge in [0.05, 0.1) is 10.2 Å². The second kappa shape index (κ2) is 6.43. The van der Waals surface area contributed by atoms with Crippen LogP contribution in [0, 0.1) is 5.82 Å². The van der Waals surface area contributed by atoms with Crippen LogP contribution in [-0.4, -0.2) is 27.0 Å². The summed E-state index contributed by atoms with van der Waals surface area (Å²) in [5.74, 6) is -0.105. The number of halogens is 2. The fourth-order valence-electron chi connectivity index (χ4n) is 2.54. The summed E-state index contributed by atoms with van der Waals surface area (Å²) in [5, 5.41) is 7.15. The maximum absolute atomic E-state index is 13.0. The van der Waals surface area contributed by atoms with Gasteiger partial charge < -0.3 is 4.90 Å². The first kappa shape index (κ1) is 16.2. The molecule has 1 aliphatic rings. The molecule has 0 saturated heterocycles. The van der Waals surface area contributed by atoms with E-state index in [1.807, 2.05) is 18.7 Å². The molecule has 1 amide bonds. The number of carbonyl (C=O) groups is 1. The Labute approximate surface area is 143 Å². The Morgan fingerprint density at radius 3 is 2.57 bits per heavy atom. The van der Waals surface area contributed by atoms with E-state index in [9.17, 15) is 9.18 Å². The van der Waals surface area contributed by atoms with Crippen LogP contribution in [0.25, 0.3) is 0 Å². The highest BCUT2D eigenvalue weighted by molar-refractivity contribution is 9.10. The molecule has 1 heterocycles. The second-order valence-electron chi connectivity index (χ2n) is 6.25. The average molecular weight is 380 g/mol. The van der Waals surface area contributed by atoms with Crippen molar-refractivity contribution in [3.8, 4) is 0 Å². The van der Waals surface area contributed by atoms with Gasteiger partial charge in [0.1, 0.15) is 5.82 Å². The number of carbonyl (C=O) groups excluding carboxylic acids is 1. The summed E-state index contributed by atoms with van der Waals surface area (Å²) in [6.45, 7) is 4.56. The van der Waals surface area contributed by atoms with Crippen molar-refractivity contribution < 1.29 is 9.18 Å². The Bertz CT molecular complexity index is 707. The topological polar surface area (TPSA) is 49.0 Å². The molecule has 23 heavy (non-hydrogen) atoms. The summed E-state index contributed by atoms with van der Waals surface area (Å²) in [6, 6.07) is 6.53. The third-order valence-corrected chi connectivity index (χ3v) is 4.83. The second-order valence-corrected chi connectivity index (χ2v) is 7.04. The van der Waals surface area contributed by atoms with E-state index >= 15 is 0 Å². The molecule has 1 aliphatic carbocycles. The van der Waals surface area contributed by atoms with E-state index in [0.717, 1.165) is 28.6 Å².